The molecule has 0 amide bonds. The predicted octanol–water partition coefficient (Wildman–Crippen LogP) is 5.57. The largest absolute Gasteiger partial charge is 0.397 e. The van der Waals surface area contributed by atoms with E-state index >= 15 is 0 Å². The Hall–Kier alpha value is -1.49. The smallest absolute Gasteiger partial charge is 0.0685 e. The highest BCUT2D eigenvalue weighted by Crippen LogP contribution is 2.35. The minimum absolute atomic E-state index is 0.482. The molecule has 5 heteroatoms. The number of benzene rings is 1. The molecule has 0 saturated heterocycles. The summed E-state index contributed by atoms with van der Waals surface area (Å²) in [6, 6.07) is 6.38. The summed E-state index contributed by atoms with van der Waals surface area (Å²) in [6.45, 7) is 10.0. The second kappa shape index (κ2) is 14.5. The van der Waals surface area contributed by atoms with E-state index < -0.39 is 0 Å². The summed E-state index contributed by atoms with van der Waals surface area (Å²) in [5.41, 5.74) is 9.93. The van der Waals surface area contributed by atoms with Crippen LogP contribution in [0.4, 0.5) is 11.4 Å². The molecule has 0 saturated carbocycles. The van der Waals surface area contributed by atoms with Crippen LogP contribution in [-0.4, -0.2) is 45.3 Å². The zero-order valence-electron chi connectivity index (χ0n) is 19.0. The fourth-order valence-corrected chi connectivity index (χ4v) is 3.72. The van der Waals surface area contributed by atoms with Gasteiger partial charge in [-0.3, -0.25) is 5.32 Å². The third kappa shape index (κ3) is 9.24. The van der Waals surface area contributed by atoms with Crippen molar-refractivity contribution in [3.05, 3.63) is 47.0 Å². The third-order valence-electron chi connectivity index (χ3n) is 4.93. The van der Waals surface area contributed by atoms with Gasteiger partial charge in [0, 0.05) is 31.1 Å². The number of nitrogens with one attached hydrogen (secondary N) is 1. The number of hydrogen-bond acceptors (Lipinski definition) is 4. The van der Waals surface area contributed by atoms with E-state index in [4.69, 9.17) is 17.3 Å². The normalized spacial score (nSPS) is 13.4. The molecule has 1 rings (SSSR count). The van der Waals surface area contributed by atoms with E-state index in [1.54, 1.807) is 0 Å². The molecular weight excluding hydrogens is 380 g/mol. The first-order valence-electron chi connectivity index (χ1n) is 10.9. The van der Waals surface area contributed by atoms with Crippen LogP contribution in [0, 0.1) is 0 Å². The molecule has 0 heterocycles. The molecule has 1 aromatic carbocycles. The van der Waals surface area contributed by atoms with Crippen LogP contribution >= 0.6 is 11.6 Å². The molecule has 0 bridgehead atoms. The quantitative estimate of drug-likeness (QED) is 0.179. The monoisotopic (exact) mass is 420 g/mol. The van der Waals surface area contributed by atoms with Crippen molar-refractivity contribution in [1.82, 2.24) is 10.2 Å². The second-order valence-electron chi connectivity index (χ2n) is 7.82. The van der Waals surface area contributed by atoms with Crippen molar-refractivity contribution in [2.75, 3.05) is 51.0 Å². The summed E-state index contributed by atoms with van der Waals surface area (Å²) >= 11 is 6.04. The number of nitrogens with zero attached hydrogens (tertiary/aromatic N) is 2. The van der Waals surface area contributed by atoms with Gasteiger partial charge in [0.05, 0.1) is 18.0 Å². The number of para-hydroxylation sites is 1. The van der Waals surface area contributed by atoms with E-state index in [1.807, 2.05) is 19.1 Å². The van der Waals surface area contributed by atoms with Gasteiger partial charge in [0.25, 0.3) is 0 Å². The molecule has 1 unspecified atom stereocenters. The van der Waals surface area contributed by atoms with Gasteiger partial charge in [0.15, 0.2) is 0 Å². The Morgan fingerprint density at radius 3 is 2.59 bits per heavy atom. The van der Waals surface area contributed by atoms with Gasteiger partial charge < -0.3 is 15.5 Å². The van der Waals surface area contributed by atoms with Gasteiger partial charge in [0.1, 0.15) is 0 Å². The molecule has 1 aromatic rings. The van der Waals surface area contributed by atoms with Crippen molar-refractivity contribution in [2.45, 2.75) is 52.4 Å². The number of likely N-dealkylation sites (N-methyl/N-ethyl adjacent to an activating group) is 1. The van der Waals surface area contributed by atoms with E-state index in [2.05, 4.69) is 67.3 Å². The number of nitrogens with two attached hydrogens (primary N) is 1. The van der Waals surface area contributed by atoms with Crippen molar-refractivity contribution in [1.29, 1.82) is 0 Å². The fourth-order valence-electron chi connectivity index (χ4n) is 3.63. The number of halogens is 1. The minimum atomic E-state index is 0.482. The highest BCUT2D eigenvalue weighted by molar-refractivity contribution is 6.29. The molecular formula is C24H41ClN4. The van der Waals surface area contributed by atoms with Crippen molar-refractivity contribution >= 4 is 23.0 Å². The number of rotatable bonds is 14. The van der Waals surface area contributed by atoms with Gasteiger partial charge in [-0.1, -0.05) is 62.2 Å². The van der Waals surface area contributed by atoms with E-state index in [1.165, 1.54) is 17.7 Å². The van der Waals surface area contributed by atoms with E-state index in [-0.39, 0.29) is 0 Å². The molecule has 0 aromatic heterocycles. The Balaban J connectivity index is 2.96. The molecule has 0 radical (unpaired) electrons. The summed E-state index contributed by atoms with van der Waals surface area (Å²) in [5, 5.41) is 4.41. The first kappa shape index (κ1) is 25.5. The lowest BCUT2D eigenvalue weighted by molar-refractivity contribution is 0.362. The Kier molecular flexibility index (Phi) is 12.8. The van der Waals surface area contributed by atoms with Gasteiger partial charge in [0.2, 0.25) is 0 Å². The van der Waals surface area contributed by atoms with Crippen LogP contribution in [0.1, 0.15) is 57.9 Å². The molecule has 4 nitrogen and oxygen atoms in total. The van der Waals surface area contributed by atoms with Crippen LogP contribution in [0.5, 0.6) is 0 Å². The lowest BCUT2D eigenvalue weighted by atomic mass is 9.91. The number of nitrogen functional groups attached to an aromatic ring is 1. The lowest BCUT2D eigenvalue weighted by Crippen LogP contribution is -2.36. The lowest BCUT2D eigenvalue weighted by Gasteiger charge is -2.32. The molecule has 0 fully saturated rings. The van der Waals surface area contributed by atoms with Crippen molar-refractivity contribution in [3.8, 4) is 0 Å². The van der Waals surface area contributed by atoms with Gasteiger partial charge in [-0.05, 0) is 51.4 Å². The maximum absolute atomic E-state index is 6.50. The molecule has 164 valence electrons. The third-order valence-corrected chi connectivity index (χ3v) is 5.30. The first-order valence-corrected chi connectivity index (χ1v) is 11.3. The summed E-state index contributed by atoms with van der Waals surface area (Å²) in [5.74, 6) is 0.482. The Labute approximate surface area is 183 Å². The molecule has 3 N–H and O–H groups in total. The maximum Gasteiger partial charge on any atom is 0.0685 e. The topological polar surface area (TPSA) is 44.5 Å². The van der Waals surface area contributed by atoms with E-state index in [0.717, 1.165) is 56.3 Å². The molecule has 29 heavy (non-hydrogen) atoms. The van der Waals surface area contributed by atoms with Crippen LogP contribution in [0.3, 0.4) is 0 Å². The zero-order valence-corrected chi connectivity index (χ0v) is 19.8. The number of hydrogen-bond donors (Lipinski definition) is 2. The van der Waals surface area contributed by atoms with Gasteiger partial charge in [-0.2, -0.15) is 0 Å². The molecule has 0 aliphatic heterocycles. The molecule has 1 atom stereocenters. The summed E-state index contributed by atoms with van der Waals surface area (Å²) < 4.78 is 0. The molecule has 0 spiro atoms. The standard InChI is InChI=1S/C24H41ClN4/c1-6-12-20(18-28(4)5)22-14-11-15-23(26)24(22)29(17-7-2)19-27-16-10-9-13-21(25)8-3/h8-11,14-15,20,27H,6-7,12-13,16-19,26H2,1-5H3/b10-9-,21-8+. The predicted molar refractivity (Wildman–Crippen MR) is 131 cm³/mol. The second-order valence-corrected chi connectivity index (χ2v) is 8.31. The highest BCUT2D eigenvalue weighted by atomic mass is 35.5. The summed E-state index contributed by atoms with van der Waals surface area (Å²) in [6.07, 6.45) is 10.4. The van der Waals surface area contributed by atoms with Gasteiger partial charge in [-0.25, -0.2) is 0 Å². The average molecular weight is 421 g/mol. The summed E-state index contributed by atoms with van der Waals surface area (Å²) in [7, 11) is 4.29. The Morgan fingerprint density at radius 1 is 1.21 bits per heavy atom. The van der Waals surface area contributed by atoms with Crippen molar-refractivity contribution < 1.29 is 0 Å². The van der Waals surface area contributed by atoms with E-state index in [0.29, 0.717) is 5.92 Å². The fraction of sp³-hybridized carbons (Fsp3) is 0.583. The molecule has 0 aliphatic carbocycles. The zero-order chi connectivity index (χ0) is 21.6. The average Bonchev–Trinajstić information content (AvgIpc) is 2.68. The Morgan fingerprint density at radius 2 is 1.97 bits per heavy atom. The maximum atomic E-state index is 6.50. The number of anilines is 2. The van der Waals surface area contributed by atoms with Gasteiger partial charge in [-0.15, -0.1) is 0 Å². The van der Waals surface area contributed by atoms with Crippen molar-refractivity contribution in [2.24, 2.45) is 0 Å². The van der Waals surface area contributed by atoms with E-state index in [9.17, 15) is 0 Å². The van der Waals surface area contributed by atoms with Crippen LogP contribution in [0.25, 0.3) is 0 Å². The van der Waals surface area contributed by atoms with Crippen LogP contribution in [0.15, 0.2) is 41.5 Å². The van der Waals surface area contributed by atoms with Crippen molar-refractivity contribution in [3.63, 3.8) is 0 Å². The SMILES string of the molecule is C/C=C(/Cl)C/C=C\CNCN(CCC)c1c(N)cccc1C(CCC)CN(C)C. The Bertz CT molecular complexity index is 640. The van der Waals surface area contributed by atoms with Crippen LogP contribution < -0.4 is 16.0 Å². The molecule has 0 aliphatic rings. The van der Waals surface area contributed by atoms with Crippen LogP contribution in [0.2, 0.25) is 0 Å². The summed E-state index contributed by atoms with van der Waals surface area (Å²) in [4.78, 5) is 4.67. The van der Waals surface area contributed by atoms with Crippen LogP contribution in [-0.2, 0) is 0 Å². The minimum Gasteiger partial charge on any atom is -0.397 e. The highest BCUT2D eigenvalue weighted by Gasteiger charge is 2.21. The number of allylic oxidation sites excluding steroid dienone is 3. The first-order chi connectivity index (χ1) is 13.9. The van der Waals surface area contributed by atoms with Gasteiger partial charge >= 0.3 is 0 Å².